The summed E-state index contributed by atoms with van der Waals surface area (Å²) in [5.74, 6) is -0.106. The molecule has 1 aromatic rings. The lowest BCUT2D eigenvalue weighted by atomic mass is 9.77. The van der Waals surface area contributed by atoms with Gasteiger partial charge in [0.1, 0.15) is 5.82 Å². The summed E-state index contributed by atoms with van der Waals surface area (Å²) in [6, 6.07) is 5.26. The Kier molecular flexibility index (Phi) is 2.16. The third kappa shape index (κ3) is 1.48. The first-order chi connectivity index (χ1) is 6.88. The van der Waals surface area contributed by atoms with E-state index in [1.165, 1.54) is 6.07 Å². The summed E-state index contributed by atoms with van der Waals surface area (Å²) in [7, 11) is 0. The lowest BCUT2D eigenvalue weighted by Gasteiger charge is -2.32. The van der Waals surface area contributed by atoms with Crippen molar-refractivity contribution < 1.29 is 4.39 Å². The Morgan fingerprint density at radius 2 is 1.93 bits per heavy atom. The van der Waals surface area contributed by atoms with Crippen LogP contribution in [0.3, 0.4) is 0 Å². The minimum absolute atomic E-state index is 0.106. The van der Waals surface area contributed by atoms with Crippen molar-refractivity contribution in [1.82, 2.24) is 0 Å². The van der Waals surface area contributed by atoms with Gasteiger partial charge < -0.3 is 5.73 Å². The Morgan fingerprint density at radius 3 is 2.33 bits per heavy atom. The summed E-state index contributed by atoms with van der Waals surface area (Å²) in [5, 5.41) is 0. The lowest BCUT2D eigenvalue weighted by molar-refractivity contribution is 0.377. The molecule has 0 atom stereocenters. The molecule has 0 bridgehead atoms. The fourth-order valence-electron chi connectivity index (χ4n) is 2.58. The first-order valence-corrected chi connectivity index (χ1v) is 5.43. The molecule has 1 aliphatic carbocycles. The average molecular weight is 207 g/mol. The molecule has 0 unspecified atom stereocenters. The minimum Gasteiger partial charge on any atom is -0.325 e. The highest BCUT2D eigenvalue weighted by Gasteiger charge is 2.55. The zero-order valence-electron chi connectivity index (χ0n) is 9.60. The van der Waals surface area contributed by atoms with Gasteiger partial charge in [0.05, 0.1) is 0 Å². The summed E-state index contributed by atoms with van der Waals surface area (Å²) >= 11 is 0. The molecule has 1 nitrogen and oxygen atoms in total. The summed E-state index contributed by atoms with van der Waals surface area (Å²) in [5.41, 5.74) is 7.55. The Morgan fingerprint density at radius 1 is 1.33 bits per heavy atom. The molecule has 1 saturated carbocycles. The molecule has 1 aliphatic rings. The standard InChI is InChI=1S/C13H18FN/c1-9-5-4-6-10(14)11(9)13(7-8-13)12(2,3)15/h4-6H,7-8,15H2,1-3H3. The summed E-state index contributed by atoms with van der Waals surface area (Å²) in [6.45, 7) is 5.95. The molecular weight excluding hydrogens is 189 g/mol. The number of rotatable bonds is 2. The molecule has 0 saturated heterocycles. The molecule has 0 aliphatic heterocycles. The second-order valence-electron chi connectivity index (χ2n) is 5.24. The SMILES string of the molecule is Cc1cccc(F)c1C1(C(C)(C)N)CC1. The quantitative estimate of drug-likeness (QED) is 0.792. The van der Waals surface area contributed by atoms with Crippen LogP contribution >= 0.6 is 0 Å². The summed E-state index contributed by atoms with van der Waals surface area (Å²) < 4.78 is 13.9. The zero-order chi connectivity index (χ0) is 11.3. The maximum atomic E-state index is 13.9. The topological polar surface area (TPSA) is 26.0 Å². The fraction of sp³-hybridized carbons (Fsp3) is 0.538. The summed E-state index contributed by atoms with van der Waals surface area (Å²) in [4.78, 5) is 0. The molecule has 0 radical (unpaired) electrons. The first kappa shape index (κ1) is 10.6. The van der Waals surface area contributed by atoms with E-state index in [1.54, 1.807) is 6.07 Å². The van der Waals surface area contributed by atoms with Crippen molar-refractivity contribution >= 4 is 0 Å². The van der Waals surface area contributed by atoms with Gasteiger partial charge in [-0.05, 0) is 50.8 Å². The number of hydrogen-bond donors (Lipinski definition) is 1. The molecule has 0 heterocycles. The Hall–Kier alpha value is -0.890. The van der Waals surface area contributed by atoms with Gasteiger partial charge in [0, 0.05) is 11.0 Å². The van der Waals surface area contributed by atoms with Crippen molar-refractivity contribution in [2.75, 3.05) is 0 Å². The van der Waals surface area contributed by atoms with E-state index in [9.17, 15) is 4.39 Å². The van der Waals surface area contributed by atoms with Crippen molar-refractivity contribution in [3.05, 3.63) is 35.1 Å². The van der Waals surface area contributed by atoms with Gasteiger partial charge in [-0.2, -0.15) is 0 Å². The van der Waals surface area contributed by atoms with Gasteiger partial charge in [-0.3, -0.25) is 0 Å². The van der Waals surface area contributed by atoms with Gasteiger partial charge >= 0.3 is 0 Å². The monoisotopic (exact) mass is 207 g/mol. The van der Waals surface area contributed by atoms with Crippen LogP contribution in [-0.4, -0.2) is 5.54 Å². The number of aryl methyl sites for hydroxylation is 1. The molecule has 1 aromatic carbocycles. The van der Waals surface area contributed by atoms with Crippen LogP contribution in [0.4, 0.5) is 4.39 Å². The van der Waals surface area contributed by atoms with Crippen LogP contribution in [0.5, 0.6) is 0 Å². The van der Waals surface area contributed by atoms with E-state index >= 15 is 0 Å². The molecular formula is C13H18FN. The third-order valence-corrected chi connectivity index (χ3v) is 3.68. The molecule has 2 heteroatoms. The largest absolute Gasteiger partial charge is 0.325 e. The Bertz CT molecular complexity index is 366. The Labute approximate surface area is 90.5 Å². The van der Waals surface area contributed by atoms with Crippen molar-refractivity contribution in [2.24, 2.45) is 5.73 Å². The number of benzene rings is 1. The van der Waals surface area contributed by atoms with Gasteiger partial charge in [-0.15, -0.1) is 0 Å². The first-order valence-electron chi connectivity index (χ1n) is 5.43. The van der Waals surface area contributed by atoms with E-state index in [1.807, 2.05) is 26.8 Å². The Balaban J connectivity index is 2.56. The van der Waals surface area contributed by atoms with Crippen LogP contribution in [0.25, 0.3) is 0 Å². The molecule has 15 heavy (non-hydrogen) atoms. The van der Waals surface area contributed by atoms with Gasteiger partial charge in [0.2, 0.25) is 0 Å². The van der Waals surface area contributed by atoms with Crippen molar-refractivity contribution in [1.29, 1.82) is 0 Å². The molecule has 0 spiro atoms. The average Bonchev–Trinajstić information content (AvgIpc) is 2.83. The van der Waals surface area contributed by atoms with Crippen molar-refractivity contribution in [2.45, 2.75) is 44.6 Å². The maximum absolute atomic E-state index is 13.9. The minimum atomic E-state index is -0.347. The van der Waals surface area contributed by atoms with Crippen LogP contribution in [0.2, 0.25) is 0 Å². The van der Waals surface area contributed by atoms with E-state index in [0.717, 1.165) is 24.0 Å². The predicted octanol–water partition coefficient (Wildman–Crippen LogP) is 2.90. The molecule has 0 aromatic heterocycles. The smallest absolute Gasteiger partial charge is 0.127 e. The second kappa shape index (κ2) is 3.05. The van der Waals surface area contributed by atoms with E-state index in [-0.39, 0.29) is 16.8 Å². The van der Waals surface area contributed by atoms with Gasteiger partial charge in [0.25, 0.3) is 0 Å². The number of hydrogen-bond acceptors (Lipinski definition) is 1. The zero-order valence-corrected chi connectivity index (χ0v) is 9.60. The predicted molar refractivity (Wildman–Crippen MR) is 60.3 cm³/mol. The normalized spacial score (nSPS) is 19.0. The van der Waals surface area contributed by atoms with E-state index in [4.69, 9.17) is 5.73 Å². The van der Waals surface area contributed by atoms with Gasteiger partial charge in [-0.25, -0.2) is 4.39 Å². The fourth-order valence-corrected chi connectivity index (χ4v) is 2.58. The van der Waals surface area contributed by atoms with Crippen LogP contribution in [0.1, 0.15) is 37.8 Å². The van der Waals surface area contributed by atoms with E-state index < -0.39 is 0 Å². The second-order valence-corrected chi connectivity index (χ2v) is 5.24. The highest BCUT2D eigenvalue weighted by molar-refractivity contribution is 5.42. The molecule has 1 fully saturated rings. The van der Waals surface area contributed by atoms with Crippen LogP contribution in [0.15, 0.2) is 18.2 Å². The molecule has 2 rings (SSSR count). The molecule has 82 valence electrons. The number of halogens is 1. The van der Waals surface area contributed by atoms with Crippen molar-refractivity contribution in [3.63, 3.8) is 0 Å². The lowest BCUT2D eigenvalue weighted by Crippen LogP contribution is -2.46. The van der Waals surface area contributed by atoms with Gasteiger partial charge in [0.15, 0.2) is 0 Å². The maximum Gasteiger partial charge on any atom is 0.127 e. The van der Waals surface area contributed by atoms with Gasteiger partial charge in [-0.1, -0.05) is 12.1 Å². The highest BCUT2D eigenvalue weighted by Crippen LogP contribution is 2.56. The van der Waals surface area contributed by atoms with Crippen LogP contribution in [0, 0.1) is 12.7 Å². The van der Waals surface area contributed by atoms with Crippen LogP contribution < -0.4 is 5.73 Å². The van der Waals surface area contributed by atoms with E-state index in [0.29, 0.717) is 0 Å². The molecule has 2 N–H and O–H groups in total. The molecule has 0 amide bonds. The highest BCUT2D eigenvalue weighted by atomic mass is 19.1. The van der Waals surface area contributed by atoms with E-state index in [2.05, 4.69) is 0 Å². The third-order valence-electron chi connectivity index (χ3n) is 3.68. The number of nitrogens with two attached hydrogens (primary N) is 1. The van der Waals surface area contributed by atoms with Crippen molar-refractivity contribution in [3.8, 4) is 0 Å². The summed E-state index contributed by atoms with van der Waals surface area (Å²) in [6.07, 6.45) is 2.00. The van der Waals surface area contributed by atoms with Crippen LogP contribution in [-0.2, 0) is 5.41 Å².